The van der Waals surface area contributed by atoms with E-state index in [9.17, 15) is 15.3 Å². The zero-order valence-corrected chi connectivity index (χ0v) is 17.9. The van der Waals surface area contributed by atoms with Crippen LogP contribution >= 0.6 is 46.3 Å². The van der Waals surface area contributed by atoms with Crippen LogP contribution in [0.2, 0.25) is 10.0 Å². The number of halogens is 2. The van der Waals surface area contributed by atoms with Crippen molar-refractivity contribution in [1.29, 1.82) is 0 Å². The number of benzene rings is 1. The molecule has 7 nitrogen and oxygen atoms in total. The molecule has 11 heteroatoms. The number of aromatic nitrogens is 3. The minimum Gasteiger partial charge on any atom is -0.394 e. The number of ether oxygens (including phenoxy) is 1. The number of hydrogen-bond acceptors (Lipinski definition) is 8. The van der Waals surface area contributed by atoms with Gasteiger partial charge in [0.1, 0.15) is 35.5 Å². The Morgan fingerprint density at radius 1 is 1.17 bits per heavy atom. The predicted octanol–water partition coefficient (Wildman–Crippen LogP) is 3.09. The van der Waals surface area contributed by atoms with Gasteiger partial charge in [-0.15, -0.1) is 5.10 Å². The van der Waals surface area contributed by atoms with E-state index in [-0.39, 0.29) is 0 Å². The Labute approximate surface area is 184 Å². The average molecular weight is 474 g/mol. The monoisotopic (exact) mass is 473 g/mol. The largest absolute Gasteiger partial charge is 0.394 e. The molecule has 0 aliphatic carbocycles. The first kappa shape index (κ1) is 21.1. The maximum Gasteiger partial charge on any atom is 0.136 e. The molecule has 5 atom stereocenters. The van der Waals surface area contributed by atoms with Crippen LogP contribution in [-0.2, 0) is 4.74 Å². The summed E-state index contributed by atoms with van der Waals surface area (Å²) >= 11 is 14.8. The van der Waals surface area contributed by atoms with Crippen molar-refractivity contribution in [2.24, 2.45) is 0 Å². The molecule has 1 aliphatic heterocycles. The van der Waals surface area contributed by atoms with E-state index in [1.807, 2.05) is 16.8 Å². The number of thiophene rings is 1. The fourth-order valence-corrected chi connectivity index (χ4v) is 5.24. The Balaban J connectivity index is 1.61. The first-order valence-electron chi connectivity index (χ1n) is 8.66. The van der Waals surface area contributed by atoms with E-state index in [0.717, 1.165) is 10.5 Å². The van der Waals surface area contributed by atoms with Gasteiger partial charge in [0, 0.05) is 15.8 Å². The number of thioether (sulfide) groups is 1. The highest BCUT2D eigenvalue weighted by Gasteiger charge is 2.46. The molecule has 1 fully saturated rings. The summed E-state index contributed by atoms with van der Waals surface area (Å²) in [4.78, 5) is 0.729. The van der Waals surface area contributed by atoms with Gasteiger partial charge in [-0.3, -0.25) is 0 Å². The van der Waals surface area contributed by atoms with Gasteiger partial charge >= 0.3 is 0 Å². The molecule has 3 aromatic rings. The average Bonchev–Trinajstić information content (AvgIpc) is 3.39. The summed E-state index contributed by atoms with van der Waals surface area (Å²) in [6.07, 6.45) is -1.51. The van der Waals surface area contributed by atoms with Crippen molar-refractivity contribution in [3.8, 4) is 11.3 Å². The lowest BCUT2D eigenvalue weighted by atomic mass is 9.97. The third kappa shape index (κ3) is 4.33. The molecule has 29 heavy (non-hydrogen) atoms. The van der Waals surface area contributed by atoms with Crippen LogP contribution in [0.15, 0.2) is 46.1 Å². The molecule has 2 aromatic heterocycles. The molecule has 3 N–H and O–H groups in total. The lowest BCUT2D eigenvalue weighted by Crippen LogP contribution is -2.55. The molecule has 1 aromatic carbocycles. The smallest absolute Gasteiger partial charge is 0.136 e. The standard InChI is InChI=1S/C18H17Cl2N3O4S2/c19-11-2-1-10(5-12(11)20)29-18-17(26)15(16(25)14(7-24)27-18)23-6-13(21-22-23)9-3-4-28-8-9/h1-6,8,14-18,24-26H,7H2/t14?,15-,16-,17?,18+/m0/s1. The van der Waals surface area contributed by atoms with Crippen LogP contribution in [-0.4, -0.2) is 60.7 Å². The van der Waals surface area contributed by atoms with Crippen molar-refractivity contribution < 1.29 is 20.1 Å². The molecule has 0 amide bonds. The quantitative estimate of drug-likeness (QED) is 0.523. The van der Waals surface area contributed by atoms with Gasteiger partial charge < -0.3 is 20.1 Å². The summed E-state index contributed by atoms with van der Waals surface area (Å²) in [5.41, 5.74) is 0.760. The van der Waals surface area contributed by atoms with Crippen molar-refractivity contribution in [3.05, 3.63) is 51.3 Å². The Hall–Kier alpha value is -1.17. The van der Waals surface area contributed by atoms with Crippen LogP contribution in [0.3, 0.4) is 0 Å². The van der Waals surface area contributed by atoms with Crippen molar-refractivity contribution in [1.82, 2.24) is 15.0 Å². The van der Waals surface area contributed by atoms with Crippen LogP contribution in [0.5, 0.6) is 0 Å². The zero-order chi connectivity index (χ0) is 20.5. The van der Waals surface area contributed by atoms with Gasteiger partial charge in [-0.2, -0.15) is 11.3 Å². The normalized spacial score (nSPS) is 27.3. The number of hydrogen-bond donors (Lipinski definition) is 3. The van der Waals surface area contributed by atoms with Crippen LogP contribution in [0.1, 0.15) is 6.04 Å². The molecule has 1 saturated heterocycles. The van der Waals surface area contributed by atoms with E-state index in [2.05, 4.69) is 10.3 Å². The Kier molecular flexibility index (Phi) is 6.47. The molecule has 1 aliphatic rings. The molecular weight excluding hydrogens is 457 g/mol. The summed E-state index contributed by atoms with van der Waals surface area (Å²) < 4.78 is 7.17. The molecule has 0 spiro atoms. The van der Waals surface area contributed by atoms with Crippen LogP contribution < -0.4 is 0 Å². The third-order valence-corrected chi connectivity index (χ3v) is 7.20. The maximum absolute atomic E-state index is 11.0. The molecule has 0 saturated carbocycles. The summed E-state index contributed by atoms with van der Waals surface area (Å²) in [5, 5.41) is 44.2. The second-order valence-corrected chi connectivity index (χ2v) is 9.25. The molecule has 0 bridgehead atoms. The highest BCUT2D eigenvalue weighted by atomic mass is 35.5. The lowest BCUT2D eigenvalue weighted by Gasteiger charge is -2.41. The van der Waals surface area contributed by atoms with Crippen LogP contribution in [0.4, 0.5) is 0 Å². The van der Waals surface area contributed by atoms with E-state index in [4.69, 9.17) is 27.9 Å². The Bertz CT molecular complexity index is 972. The first-order chi connectivity index (χ1) is 14.0. The van der Waals surface area contributed by atoms with Gasteiger partial charge in [0.2, 0.25) is 0 Å². The molecule has 154 valence electrons. The molecule has 3 heterocycles. The molecule has 4 rings (SSSR count). The van der Waals surface area contributed by atoms with Gasteiger partial charge in [-0.05, 0) is 29.6 Å². The van der Waals surface area contributed by atoms with Crippen molar-refractivity contribution in [2.75, 3.05) is 6.61 Å². The van der Waals surface area contributed by atoms with Crippen molar-refractivity contribution in [2.45, 2.75) is 34.7 Å². The lowest BCUT2D eigenvalue weighted by molar-refractivity contribution is -0.178. The second-order valence-electron chi connectivity index (χ2n) is 6.49. The Morgan fingerprint density at radius 2 is 2.00 bits per heavy atom. The summed E-state index contributed by atoms with van der Waals surface area (Å²) in [6.45, 7) is -0.408. The van der Waals surface area contributed by atoms with Gasteiger partial charge in [0.05, 0.1) is 22.8 Å². The fourth-order valence-electron chi connectivity index (χ4n) is 3.13. The van der Waals surface area contributed by atoms with E-state index < -0.39 is 36.4 Å². The summed E-state index contributed by atoms with van der Waals surface area (Å²) in [7, 11) is 0. The predicted molar refractivity (Wildman–Crippen MR) is 112 cm³/mol. The van der Waals surface area contributed by atoms with Gasteiger partial charge in [-0.1, -0.05) is 40.2 Å². The maximum atomic E-state index is 11.0. The summed E-state index contributed by atoms with van der Waals surface area (Å²) in [5.74, 6) is 0. The van der Waals surface area contributed by atoms with E-state index >= 15 is 0 Å². The van der Waals surface area contributed by atoms with Gasteiger partial charge in [-0.25, -0.2) is 4.68 Å². The number of aliphatic hydroxyl groups excluding tert-OH is 3. The van der Waals surface area contributed by atoms with E-state index in [1.54, 1.807) is 24.4 Å². The second kappa shape index (κ2) is 8.91. The van der Waals surface area contributed by atoms with Gasteiger partial charge in [0.15, 0.2) is 0 Å². The highest BCUT2D eigenvalue weighted by molar-refractivity contribution is 7.99. The number of aliphatic hydroxyl groups is 3. The number of rotatable bonds is 5. The fraction of sp³-hybridized carbons (Fsp3) is 0.333. The summed E-state index contributed by atoms with van der Waals surface area (Å²) in [6, 6.07) is 6.15. The van der Waals surface area contributed by atoms with E-state index in [0.29, 0.717) is 15.7 Å². The zero-order valence-electron chi connectivity index (χ0n) is 14.8. The van der Waals surface area contributed by atoms with Crippen LogP contribution in [0.25, 0.3) is 11.3 Å². The highest BCUT2D eigenvalue weighted by Crippen LogP contribution is 2.39. The molecular formula is C18H17Cl2N3O4S2. The minimum absolute atomic E-state index is 0.383. The molecule has 2 unspecified atom stereocenters. The van der Waals surface area contributed by atoms with Gasteiger partial charge in [0.25, 0.3) is 0 Å². The van der Waals surface area contributed by atoms with Crippen molar-refractivity contribution >= 4 is 46.3 Å². The minimum atomic E-state index is -1.17. The number of nitrogens with zero attached hydrogens (tertiary/aromatic N) is 3. The van der Waals surface area contributed by atoms with Crippen LogP contribution in [0, 0.1) is 0 Å². The van der Waals surface area contributed by atoms with Crippen molar-refractivity contribution in [3.63, 3.8) is 0 Å². The van der Waals surface area contributed by atoms with E-state index in [1.165, 1.54) is 27.8 Å². The molecule has 0 radical (unpaired) electrons. The third-order valence-electron chi connectivity index (χ3n) is 4.62. The Morgan fingerprint density at radius 3 is 2.69 bits per heavy atom. The first-order valence-corrected chi connectivity index (χ1v) is 11.2. The topological polar surface area (TPSA) is 101 Å². The SMILES string of the molecule is OCC1O[C@H](Sc2ccc(Cl)c(Cl)c2)C(O)[C@@H](n2cc(-c3ccsc3)nn2)[C@H]1O.